The standard InChI is InChI=1S/C12H20N4/c1-3-15-6-10(5-13-15)7-16-11-4-12(16)9-14(2)8-11/h5-6,11-12H,3-4,7-9H2,1-2H3. The molecule has 0 amide bonds. The summed E-state index contributed by atoms with van der Waals surface area (Å²) in [5.74, 6) is 0. The highest BCUT2D eigenvalue weighted by atomic mass is 15.3. The SMILES string of the molecule is CCn1cc(CN2C3CC2CN(C)C3)cn1. The van der Waals surface area contributed by atoms with Gasteiger partial charge >= 0.3 is 0 Å². The first-order valence-electron chi connectivity index (χ1n) is 6.22. The quantitative estimate of drug-likeness (QED) is 0.753. The molecule has 2 aliphatic rings. The maximum atomic E-state index is 4.33. The predicted molar refractivity (Wildman–Crippen MR) is 63.1 cm³/mol. The molecule has 0 N–H and O–H groups in total. The number of likely N-dealkylation sites (tertiary alicyclic amines) is 2. The zero-order valence-corrected chi connectivity index (χ0v) is 10.1. The van der Waals surface area contributed by atoms with Gasteiger partial charge in [0.1, 0.15) is 0 Å². The van der Waals surface area contributed by atoms with Crippen molar-refractivity contribution in [2.75, 3.05) is 20.1 Å². The van der Waals surface area contributed by atoms with Crippen LogP contribution in [0.15, 0.2) is 12.4 Å². The van der Waals surface area contributed by atoms with Crippen molar-refractivity contribution >= 4 is 0 Å². The Bertz CT molecular complexity index is 361. The molecule has 1 aromatic heterocycles. The molecule has 4 nitrogen and oxygen atoms in total. The lowest BCUT2D eigenvalue weighted by Crippen LogP contribution is -2.67. The van der Waals surface area contributed by atoms with E-state index in [-0.39, 0.29) is 0 Å². The number of rotatable bonds is 3. The number of fused-ring (bicyclic) bond motifs is 2. The second kappa shape index (κ2) is 3.86. The normalized spacial score (nSPS) is 30.4. The molecular formula is C12H20N4. The highest BCUT2D eigenvalue weighted by molar-refractivity contribution is 5.09. The van der Waals surface area contributed by atoms with E-state index in [2.05, 4.69) is 35.1 Å². The van der Waals surface area contributed by atoms with E-state index >= 15 is 0 Å². The minimum Gasteiger partial charge on any atom is -0.303 e. The van der Waals surface area contributed by atoms with Gasteiger partial charge in [-0.25, -0.2) is 0 Å². The van der Waals surface area contributed by atoms with Crippen LogP contribution in [0.1, 0.15) is 18.9 Å². The summed E-state index contributed by atoms with van der Waals surface area (Å²) in [7, 11) is 2.23. The lowest BCUT2D eigenvalue weighted by molar-refractivity contribution is -0.0668. The molecule has 88 valence electrons. The lowest BCUT2D eigenvalue weighted by Gasteiger charge is -2.55. The van der Waals surface area contributed by atoms with Crippen LogP contribution in [0, 0.1) is 0 Å². The fourth-order valence-electron chi connectivity index (χ4n) is 3.03. The molecule has 0 spiro atoms. The van der Waals surface area contributed by atoms with Crippen molar-refractivity contribution in [2.45, 2.75) is 38.5 Å². The molecule has 1 aromatic rings. The Morgan fingerprint density at radius 2 is 2.12 bits per heavy atom. The summed E-state index contributed by atoms with van der Waals surface area (Å²) in [6, 6.07) is 1.57. The summed E-state index contributed by atoms with van der Waals surface area (Å²) < 4.78 is 2.01. The first kappa shape index (κ1) is 10.3. The number of hydrogen-bond acceptors (Lipinski definition) is 3. The Labute approximate surface area is 96.8 Å². The number of likely N-dealkylation sites (N-methyl/N-ethyl adjacent to an activating group) is 1. The average molecular weight is 220 g/mol. The topological polar surface area (TPSA) is 24.3 Å². The molecule has 16 heavy (non-hydrogen) atoms. The molecular weight excluding hydrogens is 200 g/mol. The molecule has 3 rings (SSSR count). The van der Waals surface area contributed by atoms with E-state index in [1.807, 2.05) is 10.9 Å². The number of hydrogen-bond donors (Lipinski definition) is 0. The van der Waals surface area contributed by atoms with E-state index in [9.17, 15) is 0 Å². The third-order valence-electron chi connectivity index (χ3n) is 3.90. The molecule has 4 heteroatoms. The Kier molecular flexibility index (Phi) is 2.48. The number of aryl methyl sites for hydroxylation is 1. The molecule has 0 saturated carbocycles. The van der Waals surface area contributed by atoms with Crippen molar-refractivity contribution < 1.29 is 0 Å². The van der Waals surface area contributed by atoms with Gasteiger partial charge in [-0.2, -0.15) is 5.10 Å². The van der Waals surface area contributed by atoms with Gasteiger partial charge < -0.3 is 4.90 Å². The molecule has 2 bridgehead atoms. The van der Waals surface area contributed by atoms with Gasteiger partial charge in [0.15, 0.2) is 0 Å². The number of piperidine rings is 1. The molecule has 0 aliphatic carbocycles. The highest BCUT2D eigenvalue weighted by Gasteiger charge is 2.43. The number of piperazine rings is 1. The van der Waals surface area contributed by atoms with E-state index < -0.39 is 0 Å². The van der Waals surface area contributed by atoms with Crippen LogP contribution < -0.4 is 0 Å². The van der Waals surface area contributed by atoms with E-state index in [0.29, 0.717) is 0 Å². The summed E-state index contributed by atoms with van der Waals surface area (Å²) in [6.45, 7) is 6.65. The molecule has 2 unspecified atom stereocenters. The number of aromatic nitrogens is 2. The predicted octanol–water partition coefficient (Wildman–Crippen LogP) is 0.791. The lowest BCUT2D eigenvalue weighted by atomic mass is 9.87. The largest absolute Gasteiger partial charge is 0.303 e. The summed E-state index contributed by atoms with van der Waals surface area (Å²) in [6.07, 6.45) is 5.59. The first-order chi connectivity index (χ1) is 7.76. The zero-order chi connectivity index (χ0) is 11.1. The molecule has 2 atom stereocenters. The maximum Gasteiger partial charge on any atom is 0.0534 e. The van der Waals surface area contributed by atoms with Crippen LogP contribution in [0.25, 0.3) is 0 Å². The second-order valence-electron chi connectivity index (χ2n) is 5.14. The van der Waals surface area contributed by atoms with Gasteiger partial charge in [0.2, 0.25) is 0 Å². The highest BCUT2D eigenvalue weighted by Crippen LogP contribution is 2.32. The Morgan fingerprint density at radius 1 is 1.38 bits per heavy atom. The van der Waals surface area contributed by atoms with Gasteiger partial charge in [0.25, 0.3) is 0 Å². The van der Waals surface area contributed by atoms with E-state index in [1.54, 1.807) is 0 Å². The second-order valence-corrected chi connectivity index (χ2v) is 5.14. The monoisotopic (exact) mass is 220 g/mol. The van der Waals surface area contributed by atoms with Crippen molar-refractivity contribution in [1.82, 2.24) is 19.6 Å². The maximum absolute atomic E-state index is 4.33. The van der Waals surface area contributed by atoms with E-state index in [4.69, 9.17) is 0 Å². The minimum atomic E-state index is 0.786. The molecule has 0 radical (unpaired) electrons. The Morgan fingerprint density at radius 3 is 2.75 bits per heavy atom. The van der Waals surface area contributed by atoms with Crippen LogP contribution in [0.3, 0.4) is 0 Å². The average Bonchev–Trinajstić information content (AvgIpc) is 2.73. The van der Waals surface area contributed by atoms with Gasteiger partial charge in [0, 0.05) is 50.0 Å². The number of nitrogens with zero attached hydrogens (tertiary/aromatic N) is 4. The molecule has 2 fully saturated rings. The van der Waals surface area contributed by atoms with Crippen molar-refractivity contribution in [2.24, 2.45) is 0 Å². The smallest absolute Gasteiger partial charge is 0.0534 e. The van der Waals surface area contributed by atoms with Crippen molar-refractivity contribution in [3.8, 4) is 0 Å². The van der Waals surface area contributed by atoms with Gasteiger partial charge in [0.05, 0.1) is 6.20 Å². The van der Waals surface area contributed by atoms with Crippen LogP contribution >= 0.6 is 0 Å². The Hall–Kier alpha value is -0.870. The molecule has 0 aromatic carbocycles. The van der Waals surface area contributed by atoms with Crippen molar-refractivity contribution in [1.29, 1.82) is 0 Å². The van der Waals surface area contributed by atoms with Gasteiger partial charge in [-0.15, -0.1) is 0 Å². The van der Waals surface area contributed by atoms with Crippen LogP contribution in [0.4, 0.5) is 0 Å². The van der Waals surface area contributed by atoms with Gasteiger partial charge in [-0.05, 0) is 20.4 Å². The summed E-state index contributed by atoms with van der Waals surface area (Å²) in [5.41, 5.74) is 1.36. The fraction of sp³-hybridized carbons (Fsp3) is 0.750. The third-order valence-corrected chi connectivity index (χ3v) is 3.90. The third kappa shape index (κ3) is 1.66. The fourth-order valence-corrected chi connectivity index (χ4v) is 3.03. The first-order valence-corrected chi connectivity index (χ1v) is 6.22. The summed E-state index contributed by atoms with van der Waals surface area (Å²) in [5, 5.41) is 4.33. The van der Waals surface area contributed by atoms with Crippen molar-refractivity contribution in [3.63, 3.8) is 0 Å². The van der Waals surface area contributed by atoms with Crippen molar-refractivity contribution in [3.05, 3.63) is 18.0 Å². The molecule has 2 saturated heterocycles. The summed E-state index contributed by atoms with van der Waals surface area (Å²) in [4.78, 5) is 5.09. The molecule has 2 aliphatic heterocycles. The molecule has 3 heterocycles. The van der Waals surface area contributed by atoms with Gasteiger partial charge in [-0.3, -0.25) is 9.58 Å². The van der Waals surface area contributed by atoms with Crippen LogP contribution in [-0.2, 0) is 13.1 Å². The van der Waals surface area contributed by atoms with Gasteiger partial charge in [-0.1, -0.05) is 0 Å². The zero-order valence-electron chi connectivity index (χ0n) is 10.1. The van der Waals surface area contributed by atoms with Crippen LogP contribution in [0.5, 0.6) is 0 Å². The van der Waals surface area contributed by atoms with Crippen LogP contribution in [-0.4, -0.2) is 51.8 Å². The summed E-state index contributed by atoms with van der Waals surface area (Å²) >= 11 is 0. The van der Waals surface area contributed by atoms with E-state index in [1.165, 1.54) is 25.1 Å². The van der Waals surface area contributed by atoms with Crippen LogP contribution in [0.2, 0.25) is 0 Å². The Balaban J connectivity index is 1.64. The van der Waals surface area contributed by atoms with E-state index in [0.717, 1.165) is 25.2 Å². The minimum absolute atomic E-state index is 0.786.